The standard InChI is InChI=1S/C23H28Br2N2/c1-17(2)23(16-26,22-20(24)11-8-12-21(22)25)14-13-18(3)27(4)15-19-9-6-5-7-10-19/h5-12,17-18H,13-15H2,1-4H3. The van der Waals surface area contributed by atoms with Crippen molar-refractivity contribution in [3.8, 4) is 6.07 Å². The molecule has 2 aromatic rings. The Morgan fingerprint density at radius 1 is 1.00 bits per heavy atom. The molecule has 0 radical (unpaired) electrons. The van der Waals surface area contributed by atoms with Gasteiger partial charge in [-0.1, -0.05) is 82.1 Å². The first-order valence-corrected chi connectivity index (χ1v) is 11.0. The highest BCUT2D eigenvalue weighted by atomic mass is 79.9. The fraction of sp³-hybridized carbons (Fsp3) is 0.435. The molecule has 144 valence electrons. The predicted octanol–water partition coefficient (Wildman–Crippen LogP) is 6.93. The molecule has 0 amide bonds. The van der Waals surface area contributed by atoms with Gasteiger partial charge in [0.25, 0.3) is 0 Å². The van der Waals surface area contributed by atoms with Crippen LogP contribution in [0.3, 0.4) is 0 Å². The number of hydrogen-bond donors (Lipinski definition) is 0. The summed E-state index contributed by atoms with van der Waals surface area (Å²) in [7, 11) is 2.16. The minimum Gasteiger partial charge on any atom is -0.299 e. The van der Waals surface area contributed by atoms with Crippen LogP contribution in [0.4, 0.5) is 0 Å². The Morgan fingerprint density at radius 3 is 2.11 bits per heavy atom. The molecule has 0 aromatic heterocycles. The lowest BCUT2D eigenvalue weighted by Gasteiger charge is -2.35. The smallest absolute Gasteiger partial charge is 0.0867 e. The van der Waals surface area contributed by atoms with Crippen molar-refractivity contribution in [2.45, 2.75) is 51.6 Å². The second-order valence-corrected chi connectivity index (χ2v) is 9.33. The molecule has 0 saturated carbocycles. The van der Waals surface area contributed by atoms with Crippen LogP contribution in [-0.2, 0) is 12.0 Å². The van der Waals surface area contributed by atoms with Gasteiger partial charge in [0.2, 0.25) is 0 Å². The van der Waals surface area contributed by atoms with E-state index in [2.05, 4.69) is 94.9 Å². The second-order valence-electron chi connectivity index (χ2n) is 7.62. The van der Waals surface area contributed by atoms with Crippen LogP contribution >= 0.6 is 31.9 Å². The van der Waals surface area contributed by atoms with E-state index in [1.807, 2.05) is 24.3 Å². The van der Waals surface area contributed by atoms with Crippen LogP contribution in [0.5, 0.6) is 0 Å². The lowest BCUT2D eigenvalue weighted by atomic mass is 9.69. The zero-order valence-corrected chi connectivity index (χ0v) is 19.7. The summed E-state index contributed by atoms with van der Waals surface area (Å²) < 4.78 is 2.00. The number of nitrogens with zero attached hydrogens (tertiary/aromatic N) is 2. The van der Waals surface area contributed by atoms with E-state index in [0.29, 0.717) is 6.04 Å². The molecule has 2 nitrogen and oxygen atoms in total. The van der Waals surface area contributed by atoms with E-state index in [1.165, 1.54) is 5.56 Å². The highest BCUT2D eigenvalue weighted by Gasteiger charge is 2.39. The Kier molecular flexibility index (Phi) is 8.09. The Labute approximate surface area is 180 Å². The molecule has 0 bridgehead atoms. The minimum atomic E-state index is -0.527. The third-order valence-corrected chi connectivity index (χ3v) is 6.90. The number of hydrogen-bond acceptors (Lipinski definition) is 2. The molecule has 0 aliphatic rings. The van der Waals surface area contributed by atoms with Crippen molar-refractivity contribution >= 4 is 31.9 Å². The average molecular weight is 492 g/mol. The molecule has 0 aliphatic heterocycles. The summed E-state index contributed by atoms with van der Waals surface area (Å²) in [6, 6.07) is 19.7. The molecule has 0 saturated heterocycles. The van der Waals surface area contributed by atoms with Crippen molar-refractivity contribution in [3.05, 3.63) is 68.6 Å². The monoisotopic (exact) mass is 490 g/mol. The molecular weight excluding hydrogens is 464 g/mol. The molecule has 2 aromatic carbocycles. The van der Waals surface area contributed by atoms with Crippen molar-refractivity contribution in [2.75, 3.05) is 7.05 Å². The Bertz CT molecular complexity index is 762. The number of benzene rings is 2. The quantitative estimate of drug-likeness (QED) is 0.400. The third kappa shape index (κ3) is 5.22. The first-order valence-electron chi connectivity index (χ1n) is 9.41. The molecule has 27 heavy (non-hydrogen) atoms. The Balaban J connectivity index is 2.19. The van der Waals surface area contributed by atoms with Gasteiger partial charge < -0.3 is 0 Å². The van der Waals surface area contributed by atoms with Gasteiger partial charge in [-0.15, -0.1) is 0 Å². The number of nitriles is 1. The highest BCUT2D eigenvalue weighted by molar-refractivity contribution is 9.11. The molecule has 0 N–H and O–H groups in total. The van der Waals surface area contributed by atoms with Gasteiger partial charge in [0.15, 0.2) is 0 Å². The van der Waals surface area contributed by atoms with Crippen LogP contribution in [0.25, 0.3) is 0 Å². The van der Waals surface area contributed by atoms with E-state index < -0.39 is 5.41 Å². The van der Waals surface area contributed by atoms with Gasteiger partial charge in [-0.2, -0.15) is 5.26 Å². The fourth-order valence-electron chi connectivity index (χ4n) is 3.55. The van der Waals surface area contributed by atoms with Gasteiger partial charge in [-0.3, -0.25) is 4.90 Å². The van der Waals surface area contributed by atoms with Crippen LogP contribution in [0.2, 0.25) is 0 Å². The van der Waals surface area contributed by atoms with E-state index in [0.717, 1.165) is 33.9 Å². The molecule has 4 heteroatoms. The van der Waals surface area contributed by atoms with Crippen LogP contribution in [-0.4, -0.2) is 18.0 Å². The SMILES string of the molecule is CC(CCC(C#N)(c1c(Br)cccc1Br)C(C)C)N(C)Cc1ccccc1. The van der Waals surface area contributed by atoms with Gasteiger partial charge in [0.1, 0.15) is 0 Å². The summed E-state index contributed by atoms with van der Waals surface area (Å²) in [5, 5.41) is 10.2. The van der Waals surface area contributed by atoms with E-state index in [1.54, 1.807) is 0 Å². The minimum absolute atomic E-state index is 0.212. The molecule has 0 aliphatic carbocycles. The Morgan fingerprint density at radius 2 is 1.59 bits per heavy atom. The summed E-state index contributed by atoms with van der Waals surface area (Å²) in [5.41, 5.74) is 1.86. The first-order chi connectivity index (χ1) is 12.8. The van der Waals surface area contributed by atoms with E-state index >= 15 is 0 Å². The molecule has 0 heterocycles. The lowest BCUT2D eigenvalue weighted by molar-refractivity contribution is 0.216. The molecule has 0 fully saturated rings. The lowest BCUT2D eigenvalue weighted by Crippen LogP contribution is -2.35. The summed E-state index contributed by atoms with van der Waals surface area (Å²) in [6.45, 7) is 7.46. The van der Waals surface area contributed by atoms with Crippen molar-refractivity contribution in [1.29, 1.82) is 5.26 Å². The largest absolute Gasteiger partial charge is 0.299 e. The highest BCUT2D eigenvalue weighted by Crippen LogP contribution is 2.44. The van der Waals surface area contributed by atoms with Crippen LogP contribution < -0.4 is 0 Å². The van der Waals surface area contributed by atoms with Crippen molar-refractivity contribution in [2.24, 2.45) is 5.92 Å². The first kappa shape index (κ1) is 22.1. The molecule has 2 rings (SSSR count). The van der Waals surface area contributed by atoms with Crippen LogP contribution in [0.15, 0.2) is 57.5 Å². The maximum absolute atomic E-state index is 10.2. The zero-order valence-electron chi connectivity index (χ0n) is 16.5. The maximum atomic E-state index is 10.2. The molecule has 2 atom stereocenters. The molecule has 2 unspecified atom stereocenters. The molecular formula is C23H28Br2N2. The topological polar surface area (TPSA) is 27.0 Å². The maximum Gasteiger partial charge on any atom is 0.0867 e. The fourth-order valence-corrected chi connectivity index (χ4v) is 5.26. The van der Waals surface area contributed by atoms with Crippen LogP contribution in [0.1, 0.15) is 44.7 Å². The van der Waals surface area contributed by atoms with Crippen molar-refractivity contribution in [3.63, 3.8) is 0 Å². The van der Waals surface area contributed by atoms with E-state index in [4.69, 9.17) is 0 Å². The van der Waals surface area contributed by atoms with E-state index in [9.17, 15) is 5.26 Å². The van der Waals surface area contributed by atoms with Crippen molar-refractivity contribution < 1.29 is 0 Å². The Hall–Kier alpha value is -1.15. The van der Waals surface area contributed by atoms with E-state index in [-0.39, 0.29) is 5.92 Å². The number of halogens is 2. The van der Waals surface area contributed by atoms with Gasteiger partial charge >= 0.3 is 0 Å². The van der Waals surface area contributed by atoms with Gasteiger partial charge in [-0.05, 0) is 50.4 Å². The molecule has 0 spiro atoms. The normalized spacial score (nSPS) is 14.8. The van der Waals surface area contributed by atoms with Crippen LogP contribution in [0, 0.1) is 17.2 Å². The third-order valence-electron chi connectivity index (χ3n) is 5.58. The van der Waals surface area contributed by atoms with Gasteiger partial charge in [0.05, 0.1) is 11.5 Å². The zero-order chi connectivity index (χ0) is 20.0. The summed E-state index contributed by atoms with van der Waals surface area (Å²) in [4.78, 5) is 2.37. The number of rotatable bonds is 8. The van der Waals surface area contributed by atoms with Gasteiger partial charge in [0, 0.05) is 27.1 Å². The van der Waals surface area contributed by atoms with Gasteiger partial charge in [-0.25, -0.2) is 0 Å². The second kappa shape index (κ2) is 9.87. The summed E-state index contributed by atoms with van der Waals surface area (Å²) >= 11 is 7.36. The average Bonchev–Trinajstić information content (AvgIpc) is 2.64. The predicted molar refractivity (Wildman–Crippen MR) is 121 cm³/mol. The summed E-state index contributed by atoms with van der Waals surface area (Å²) in [5.74, 6) is 0.212. The van der Waals surface area contributed by atoms with Crippen molar-refractivity contribution in [1.82, 2.24) is 4.90 Å². The summed E-state index contributed by atoms with van der Waals surface area (Å²) in [6.07, 6.45) is 1.78.